The third-order valence-corrected chi connectivity index (χ3v) is 2.26. The zero-order chi connectivity index (χ0) is 12.0. The first-order valence-electron chi connectivity index (χ1n) is 5.30. The predicted octanol–water partition coefficient (Wildman–Crippen LogP) is 0.321. The zero-order valence-corrected chi connectivity index (χ0v) is 9.67. The Bertz CT molecular complexity index is 349. The monoisotopic (exact) mass is 226 g/mol. The van der Waals surface area contributed by atoms with E-state index < -0.39 is 0 Å². The van der Waals surface area contributed by atoms with Crippen LogP contribution in [0.3, 0.4) is 0 Å². The van der Waals surface area contributed by atoms with Crippen molar-refractivity contribution in [1.82, 2.24) is 15.5 Å². The first-order valence-corrected chi connectivity index (χ1v) is 5.30. The Morgan fingerprint density at radius 2 is 2.38 bits per heavy atom. The highest BCUT2D eigenvalue weighted by Crippen LogP contribution is 2.13. The summed E-state index contributed by atoms with van der Waals surface area (Å²) in [5, 5.41) is 9.37. The largest absolute Gasteiger partial charge is 0.395 e. The minimum atomic E-state index is -0.246. The van der Waals surface area contributed by atoms with Crippen molar-refractivity contribution in [3.05, 3.63) is 11.4 Å². The fourth-order valence-corrected chi connectivity index (χ4v) is 1.33. The van der Waals surface area contributed by atoms with E-state index in [1.807, 2.05) is 6.92 Å². The predicted molar refractivity (Wildman–Crippen MR) is 61.2 cm³/mol. The van der Waals surface area contributed by atoms with Crippen LogP contribution >= 0.6 is 0 Å². The molecule has 1 amide bonds. The molecular weight excluding hydrogens is 208 g/mol. The molecule has 1 aromatic heterocycles. The summed E-state index contributed by atoms with van der Waals surface area (Å²) in [6.07, 6.45) is 1.50. The van der Waals surface area contributed by atoms with Gasteiger partial charge < -0.3 is 15.8 Å². The molecule has 0 saturated carbocycles. The standard InChI is InChI=1S/C10H18N4O2/c1-3-7-8(11)9(14-13-7)10(15)12-5-4-6-16-2/h3-6,11H2,1-2H3,(H,12,15)(H,13,14). The first-order chi connectivity index (χ1) is 7.70. The number of aryl methyl sites for hydroxylation is 1. The maximum absolute atomic E-state index is 11.6. The number of aromatic amines is 1. The van der Waals surface area contributed by atoms with Gasteiger partial charge in [-0.1, -0.05) is 6.92 Å². The topological polar surface area (TPSA) is 93.0 Å². The molecule has 0 spiro atoms. The summed E-state index contributed by atoms with van der Waals surface area (Å²) >= 11 is 0. The average molecular weight is 226 g/mol. The average Bonchev–Trinajstić information content (AvgIpc) is 2.65. The molecule has 0 aliphatic rings. The molecule has 0 saturated heterocycles. The number of carbonyl (C=O) groups excluding carboxylic acids is 1. The number of rotatable bonds is 6. The number of nitrogens with two attached hydrogens (primary N) is 1. The van der Waals surface area contributed by atoms with Crippen LogP contribution in [0.4, 0.5) is 5.69 Å². The first kappa shape index (κ1) is 12.5. The third kappa shape index (κ3) is 2.96. The van der Waals surface area contributed by atoms with Gasteiger partial charge in [0.2, 0.25) is 0 Å². The van der Waals surface area contributed by atoms with Crippen LogP contribution in [0.2, 0.25) is 0 Å². The molecule has 0 aromatic carbocycles. The van der Waals surface area contributed by atoms with Crippen molar-refractivity contribution in [2.75, 3.05) is 26.0 Å². The smallest absolute Gasteiger partial charge is 0.273 e. The van der Waals surface area contributed by atoms with Gasteiger partial charge in [-0.25, -0.2) is 0 Å². The number of nitrogens with zero attached hydrogens (tertiary/aromatic N) is 1. The van der Waals surface area contributed by atoms with Crippen molar-refractivity contribution in [3.63, 3.8) is 0 Å². The summed E-state index contributed by atoms with van der Waals surface area (Å²) in [7, 11) is 1.63. The fourth-order valence-electron chi connectivity index (χ4n) is 1.33. The quantitative estimate of drug-likeness (QED) is 0.609. The Kier molecular flexibility index (Phi) is 4.78. The number of hydrogen-bond donors (Lipinski definition) is 3. The van der Waals surface area contributed by atoms with Crippen LogP contribution in [0.1, 0.15) is 29.5 Å². The van der Waals surface area contributed by atoms with Crippen molar-refractivity contribution < 1.29 is 9.53 Å². The number of nitrogens with one attached hydrogen (secondary N) is 2. The van der Waals surface area contributed by atoms with Crippen molar-refractivity contribution in [1.29, 1.82) is 0 Å². The van der Waals surface area contributed by atoms with Crippen molar-refractivity contribution >= 4 is 11.6 Å². The normalized spacial score (nSPS) is 10.4. The maximum atomic E-state index is 11.6. The molecule has 0 aliphatic carbocycles. The van der Waals surface area contributed by atoms with Gasteiger partial charge in [0.25, 0.3) is 5.91 Å². The third-order valence-electron chi connectivity index (χ3n) is 2.26. The summed E-state index contributed by atoms with van der Waals surface area (Å²) < 4.78 is 4.88. The van der Waals surface area contributed by atoms with Gasteiger partial charge in [0.1, 0.15) is 0 Å². The molecule has 0 atom stereocenters. The number of anilines is 1. The Balaban J connectivity index is 2.49. The van der Waals surface area contributed by atoms with Crippen LogP contribution in [0.15, 0.2) is 0 Å². The van der Waals surface area contributed by atoms with E-state index in [9.17, 15) is 4.79 Å². The molecule has 1 heterocycles. The molecule has 90 valence electrons. The van der Waals surface area contributed by atoms with E-state index in [0.717, 1.165) is 18.5 Å². The number of ether oxygens (including phenoxy) is 1. The highest BCUT2D eigenvalue weighted by Gasteiger charge is 2.15. The van der Waals surface area contributed by atoms with Crippen LogP contribution in [-0.4, -0.2) is 36.4 Å². The van der Waals surface area contributed by atoms with Crippen molar-refractivity contribution in [3.8, 4) is 0 Å². The van der Waals surface area contributed by atoms with Gasteiger partial charge in [0, 0.05) is 20.3 Å². The van der Waals surface area contributed by atoms with Crippen LogP contribution in [0.5, 0.6) is 0 Å². The van der Waals surface area contributed by atoms with Gasteiger partial charge in [-0.05, 0) is 12.8 Å². The number of hydrogen-bond acceptors (Lipinski definition) is 4. The molecule has 4 N–H and O–H groups in total. The van der Waals surface area contributed by atoms with E-state index in [1.165, 1.54) is 0 Å². The van der Waals surface area contributed by atoms with E-state index in [1.54, 1.807) is 7.11 Å². The lowest BCUT2D eigenvalue weighted by Crippen LogP contribution is -2.26. The molecule has 6 heteroatoms. The molecule has 0 unspecified atom stereocenters. The molecule has 0 bridgehead atoms. The van der Waals surface area contributed by atoms with E-state index in [2.05, 4.69) is 15.5 Å². The highest BCUT2D eigenvalue weighted by molar-refractivity contribution is 5.97. The molecule has 6 nitrogen and oxygen atoms in total. The lowest BCUT2D eigenvalue weighted by molar-refractivity contribution is 0.0944. The second-order valence-electron chi connectivity index (χ2n) is 3.42. The van der Waals surface area contributed by atoms with Crippen LogP contribution in [-0.2, 0) is 11.2 Å². The SMILES string of the molecule is CCc1[nH]nc(C(=O)NCCCOC)c1N. The fraction of sp³-hybridized carbons (Fsp3) is 0.600. The summed E-state index contributed by atoms with van der Waals surface area (Å²) in [6, 6.07) is 0. The van der Waals surface area contributed by atoms with E-state index in [4.69, 9.17) is 10.5 Å². The van der Waals surface area contributed by atoms with Crippen molar-refractivity contribution in [2.45, 2.75) is 19.8 Å². The van der Waals surface area contributed by atoms with E-state index in [0.29, 0.717) is 18.8 Å². The number of H-pyrrole nitrogens is 1. The van der Waals surface area contributed by atoms with Crippen LogP contribution < -0.4 is 11.1 Å². The Morgan fingerprint density at radius 3 is 2.94 bits per heavy atom. The van der Waals surface area contributed by atoms with Crippen LogP contribution in [0, 0.1) is 0 Å². The van der Waals surface area contributed by atoms with E-state index >= 15 is 0 Å². The number of methoxy groups -OCH3 is 1. The highest BCUT2D eigenvalue weighted by atomic mass is 16.5. The molecular formula is C10H18N4O2. The summed E-state index contributed by atoms with van der Waals surface area (Å²) in [4.78, 5) is 11.6. The van der Waals surface area contributed by atoms with Crippen molar-refractivity contribution in [2.24, 2.45) is 0 Å². The Labute approximate surface area is 94.5 Å². The zero-order valence-electron chi connectivity index (χ0n) is 9.67. The minimum absolute atomic E-state index is 0.246. The Morgan fingerprint density at radius 1 is 1.62 bits per heavy atom. The lowest BCUT2D eigenvalue weighted by atomic mass is 10.2. The number of carbonyl (C=O) groups is 1. The summed E-state index contributed by atoms with van der Waals surface area (Å²) in [5.74, 6) is -0.246. The summed E-state index contributed by atoms with van der Waals surface area (Å²) in [5.41, 5.74) is 7.27. The maximum Gasteiger partial charge on any atom is 0.273 e. The Hall–Kier alpha value is -1.56. The molecule has 0 radical (unpaired) electrons. The number of nitrogen functional groups attached to an aromatic ring is 1. The van der Waals surface area contributed by atoms with Gasteiger partial charge in [-0.15, -0.1) is 0 Å². The van der Waals surface area contributed by atoms with Gasteiger partial charge >= 0.3 is 0 Å². The summed E-state index contributed by atoms with van der Waals surface area (Å²) in [6.45, 7) is 3.13. The number of amides is 1. The van der Waals surface area contributed by atoms with Gasteiger partial charge in [-0.2, -0.15) is 5.10 Å². The lowest BCUT2D eigenvalue weighted by Gasteiger charge is -2.03. The van der Waals surface area contributed by atoms with Gasteiger partial charge in [0.05, 0.1) is 11.4 Å². The molecule has 0 fully saturated rings. The molecule has 1 aromatic rings. The van der Waals surface area contributed by atoms with E-state index in [-0.39, 0.29) is 11.6 Å². The number of aromatic nitrogens is 2. The van der Waals surface area contributed by atoms with Gasteiger partial charge in [0.15, 0.2) is 5.69 Å². The molecule has 16 heavy (non-hydrogen) atoms. The molecule has 0 aliphatic heterocycles. The second kappa shape index (κ2) is 6.12. The molecule has 1 rings (SSSR count). The van der Waals surface area contributed by atoms with Crippen LogP contribution in [0.25, 0.3) is 0 Å². The second-order valence-corrected chi connectivity index (χ2v) is 3.42. The minimum Gasteiger partial charge on any atom is -0.395 e. The van der Waals surface area contributed by atoms with Gasteiger partial charge in [-0.3, -0.25) is 9.89 Å².